The third kappa shape index (κ3) is 3.57. The quantitative estimate of drug-likeness (QED) is 0.570. The maximum atomic E-state index is 12.0. The standard InChI is InChI=1S/C16H17NO3/c1-3-4-12(2)11-19-14-7-5-13(6-8-14)16(18)15-9-10-20-17-15/h5-10H,2-4,11H2,1H3. The smallest absolute Gasteiger partial charge is 0.214 e. The van der Waals surface area contributed by atoms with Gasteiger partial charge in [0.25, 0.3) is 0 Å². The normalized spacial score (nSPS) is 10.2. The van der Waals surface area contributed by atoms with Gasteiger partial charge in [0.15, 0.2) is 5.69 Å². The van der Waals surface area contributed by atoms with Crippen molar-refractivity contribution >= 4 is 5.78 Å². The molecule has 2 aromatic rings. The van der Waals surface area contributed by atoms with Crippen molar-refractivity contribution in [2.24, 2.45) is 0 Å². The molecule has 0 aliphatic heterocycles. The zero-order valence-corrected chi connectivity index (χ0v) is 11.5. The third-order valence-electron chi connectivity index (χ3n) is 2.83. The van der Waals surface area contributed by atoms with E-state index >= 15 is 0 Å². The fraction of sp³-hybridized carbons (Fsp3) is 0.250. The van der Waals surface area contributed by atoms with Crippen molar-refractivity contribution in [2.45, 2.75) is 19.8 Å². The number of hydrogen-bond acceptors (Lipinski definition) is 4. The Morgan fingerprint density at radius 3 is 2.65 bits per heavy atom. The summed E-state index contributed by atoms with van der Waals surface area (Å²) < 4.78 is 10.3. The molecule has 1 aromatic carbocycles. The minimum Gasteiger partial charge on any atom is -0.489 e. The van der Waals surface area contributed by atoms with Crippen molar-refractivity contribution in [3.8, 4) is 5.75 Å². The second-order valence-electron chi connectivity index (χ2n) is 4.53. The van der Waals surface area contributed by atoms with Crippen LogP contribution in [0.4, 0.5) is 0 Å². The second-order valence-corrected chi connectivity index (χ2v) is 4.53. The average molecular weight is 271 g/mol. The molecule has 0 spiro atoms. The van der Waals surface area contributed by atoms with Crippen molar-refractivity contribution in [1.82, 2.24) is 5.16 Å². The maximum absolute atomic E-state index is 12.0. The van der Waals surface area contributed by atoms with Gasteiger partial charge in [-0.2, -0.15) is 0 Å². The van der Waals surface area contributed by atoms with Gasteiger partial charge in [-0.1, -0.05) is 25.1 Å². The molecule has 4 heteroatoms. The van der Waals surface area contributed by atoms with Crippen LogP contribution < -0.4 is 4.74 Å². The Hall–Kier alpha value is -2.36. The highest BCUT2D eigenvalue weighted by Crippen LogP contribution is 2.16. The van der Waals surface area contributed by atoms with Crippen molar-refractivity contribution < 1.29 is 14.1 Å². The van der Waals surface area contributed by atoms with Crippen molar-refractivity contribution in [1.29, 1.82) is 0 Å². The molecule has 1 heterocycles. The molecule has 0 radical (unpaired) electrons. The Morgan fingerprint density at radius 1 is 1.30 bits per heavy atom. The van der Waals surface area contributed by atoms with Crippen LogP contribution in [0.2, 0.25) is 0 Å². The Kier molecular flexibility index (Phi) is 4.71. The van der Waals surface area contributed by atoms with Crippen molar-refractivity contribution in [3.63, 3.8) is 0 Å². The minimum absolute atomic E-state index is 0.166. The van der Waals surface area contributed by atoms with Gasteiger partial charge in [0.2, 0.25) is 5.78 Å². The van der Waals surface area contributed by atoms with Gasteiger partial charge in [-0.25, -0.2) is 0 Å². The summed E-state index contributed by atoms with van der Waals surface area (Å²) in [5.41, 5.74) is 1.92. The van der Waals surface area contributed by atoms with Gasteiger partial charge in [-0.3, -0.25) is 4.79 Å². The molecule has 104 valence electrons. The predicted octanol–water partition coefficient (Wildman–Crippen LogP) is 3.64. The number of aromatic nitrogens is 1. The Morgan fingerprint density at radius 2 is 2.05 bits per heavy atom. The number of ether oxygens (including phenoxy) is 1. The molecule has 20 heavy (non-hydrogen) atoms. The molecule has 0 fully saturated rings. The highest BCUT2D eigenvalue weighted by atomic mass is 16.5. The summed E-state index contributed by atoms with van der Waals surface area (Å²) in [7, 11) is 0. The van der Waals surface area contributed by atoms with E-state index in [0.717, 1.165) is 24.2 Å². The topological polar surface area (TPSA) is 52.3 Å². The first kappa shape index (κ1) is 14.1. The summed E-state index contributed by atoms with van der Waals surface area (Å²) in [6, 6.07) is 8.52. The number of benzene rings is 1. The zero-order valence-electron chi connectivity index (χ0n) is 11.5. The van der Waals surface area contributed by atoms with E-state index in [-0.39, 0.29) is 5.78 Å². The lowest BCUT2D eigenvalue weighted by Gasteiger charge is -2.08. The van der Waals surface area contributed by atoms with Crippen molar-refractivity contribution in [2.75, 3.05) is 6.61 Å². The molecule has 1 aromatic heterocycles. The summed E-state index contributed by atoms with van der Waals surface area (Å²) in [5, 5.41) is 3.63. The van der Waals surface area contributed by atoms with E-state index in [1.807, 2.05) is 0 Å². The highest BCUT2D eigenvalue weighted by molar-refractivity contribution is 6.07. The molecule has 0 saturated carbocycles. The maximum Gasteiger partial charge on any atom is 0.214 e. The van der Waals surface area contributed by atoms with Gasteiger partial charge in [0, 0.05) is 11.6 Å². The lowest BCUT2D eigenvalue weighted by molar-refractivity contribution is 0.103. The number of carbonyl (C=O) groups excluding carboxylic acids is 1. The highest BCUT2D eigenvalue weighted by Gasteiger charge is 2.11. The third-order valence-corrected chi connectivity index (χ3v) is 2.83. The van der Waals surface area contributed by atoms with Gasteiger partial charge in [-0.15, -0.1) is 0 Å². The Balaban J connectivity index is 1.96. The van der Waals surface area contributed by atoms with Gasteiger partial charge >= 0.3 is 0 Å². The van der Waals surface area contributed by atoms with Crippen LogP contribution in [0, 0.1) is 0 Å². The van der Waals surface area contributed by atoms with Crippen LogP contribution in [-0.4, -0.2) is 17.5 Å². The number of ketones is 1. The van der Waals surface area contributed by atoms with E-state index in [1.54, 1.807) is 30.3 Å². The monoisotopic (exact) mass is 271 g/mol. The molecule has 0 saturated heterocycles. The molecule has 0 N–H and O–H groups in total. The molecule has 0 amide bonds. The van der Waals surface area contributed by atoms with Crippen LogP contribution in [0.3, 0.4) is 0 Å². The fourth-order valence-corrected chi connectivity index (χ4v) is 1.79. The van der Waals surface area contributed by atoms with Crippen LogP contribution in [0.1, 0.15) is 35.8 Å². The molecule has 0 bridgehead atoms. The summed E-state index contributed by atoms with van der Waals surface area (Å²) >= 11 is 0. The van der Waals surface area contributed by atoms with Gasteiger partial charge < -0.3 is 9.26 Å². The van der Waals surface area contributed by atoms with Crippen LogP contribution in [0.15, 0.2) is 53.3 Å². The molecule has 2 rings (SSSR count). The van der Waals surface area contributed by atoms with E-state index in [2.05, 4.69) is 23.2 Å². The predicted molar refractivity (Wildman–Crippen MR) is 75.9 cm³/mol. The Labute approximate surface area is 118 Å². The molecule has 0 aliphatic rings. The first-order chi connectivity index (χ1) is 9.70. The summed E-state index contributed by atoms with van der Waals surface area (Å²) in [5.74, 6) is 0.555. The number of rotatable bonds is 7. The van der Waals surface area contributed by atoms with Gasteiger partial charge in [0.1, 0.15) is 18.6 Å². The number of carbonyl (C=O) groups is 1. The molecular weight excluding hydrogens is 254 g/mol. The summed E-state index contributed by atoms with van der Waals surface area (Å²) in [6.45, 7) is 6.55. The molecule has 0 unspecified atom stereocenters. The van der Waals surface area contributed by atoms with E-state index in [1.165, 1.54) is 6.26 Å². The molecular formula is C16H17NO3. The number of hydrogen-bond donors (Lipinski definition) is 0. The number of nitrogens with zero attached hydrogens (tertiary/aromatic N) is 1. The van der Waals surface area contributed by atoms with Gasteiger partial charge in [0.05, 0.1) is 0 Å². The average Bonchev–Trinajstić information content (AvgIpc) is 2.99. The van der Waals surface area contributed by atoms with Gasteiger partial charge in [-0.05, 0) is 36.3 Å². The van der Waals surface area contributed by atoms with Crippen LogP contribution in [-0.2, 0) is 0 Å². The van der Waals surface area contributed by atoms with Crippen molar-refractivity contribution in [3.05, 3.63) is 60.0 Å². The largest absolute Gasteiger partial charge is 0.489 e. The van der Waals surface area contributed by atoms with E-state index in [9.17, 15) is 4.79 Å². The zero-order chi connectivity index (χ0) is 14.4. The summed E-state index contributed by atoms with van der Waals surface area (Å²) in [6.07, 6.45) is 3.40. The van der Waals surface area contributed by atoms with E-state index in [0.29, 0.717) is 17.9 Å². The van der Waals surface area contributed by atoms with E-state index in [4.69, 9.17) is 4.74 Å². The van der Waals surface area contributed by atoms with Crippen LogP contribution in [0.25, 0.3) is 0 Å². The SMILES string of the molecule is C=C(CCC)COc1ccc(C(=O)c2ccon2)cc1. The lowest BCUT2D eigenvalue weighted by Crippen LogP contribution is -2.03. The molecule has 0 aliphatic carbocycles. The summed E-state index contributed by atoms with van der Waals surface area (Å²) in [4.78, 5) is 12.0. The molecule has 4 nitrogen and oxygen atoms in total. The first-order valence-corrected chi connectivity index (χ1v) is 6.55. The molecule has 0 atom stereocenters. The first-order valence-electron chi connectivity index (χ1n) is 6.55. The Bertz CT molecular complexity index is 570. The van der Waals surface area contributed by atoms with Crippen LogP contribution in [0.5, 0.6) is 5.75 Å². The fourth-order valence-electron chi connectivity index (χ4n) is 1.79. The lowest BCUT2D eigenvalue weighted by atomic mass is 10.1. The van der Waals surface area contributed by atoms with E-state index < -0.39 is 0 Å². The van der Waals surface area contributed by atoms with Crippen LogP contribution >= 0.6 is 0 Å². The second kappa shape index (κ2) is 6.70. The minimum atomic E-state index is -0.166.